The predicted octanol–water partition coefficient (Wildman–Crippen LogP) is 3.96. The number of hydrogen-bond acceptors (Lipinski definition) is 9. The summed E-state index contributed by atoms with van der Waals surface area (Å²) in [5.41, 5.74) is 0.605. The molecule has 41 heavy (non-hydrogen) atoms. The Morgan fingerprint density at radius 3 is 2.83 bits per heavy atom. The summed E-state index contributed by atoms with van der Waals surface area (Å²) in [7, 11) is -4.25. The molecule has 7 rings (SSSR count). The van der Waals surface area contributed by atoms with Crippen LogP contribution in [0, 0.1) is 0 Å². The normalized spacial score (nSPS) is 19.5. The summed E-state index contributed by atoms with van der Waals surface area (Å²) in [6, 6.07) is 13.9. The molecule has 1 amide bonds. The maximum atomic E-state index is 14.2. The molecule has 4 aromatic rings. The third-order valence-corrected chi connectivity index (χ3v) is 9.29. The van der Waals surface area contributed by atoms with E-state index < -0.39 is 27.9 Å². The molecule has 5 heterocycles. The fourth-order valence-electron chi connectivity index (χ4n) is 5.07. The first-order valence-corrected chi connectivity index (χ1v) is 15.0. The van der Waals surface area contributed by atoms with Gasteiger partial charge in [-0.15, -0.1) is 0 Å². The number of alkyl halides is 1. The van der Waals surface area contributed by atoms with Crippen molar-refractivity contribution >= 4 is 38.3 Å². The molecular formula is C29H26FN5O5S. The molecule has 1 N–H and O–H groups in total. The van der Waals surface area contributed by atoms with Gasteiger partial charge in [0, 0.05) is 28.8 Å². The highest BCUT2D eigenvalue weighted by Crippen LogP contribution is 2.42. The predicted molar refractivity (Wildman–Crippen MR) is 148 cm³/mol. The van der Waals surface area contributed by atoms with E-state index in [-0.39, 0.29) is 23.6 Å². The van der Waals surface area contributed by atoms with Crippen LogP contribution in [0.4, 0.5) is 16.0 Å². The summed E-state index contributed by atoms with van der Waals surface area (Å²) in [5, 5.41) is 3.61. The fourth-order valence-corrected chi connectivity index (χ4v) is 6.41. The number of sulfone groups is 1. The summed E-state index contributed by atoms with van der Waals surface area (Å²) in [6.45, 7) is 0.644. The van der Waals surface area contributed by atoms with Crippen molar-refractivity contribution in [1.82, 2.24) is 20.3 Å². The third-order valence-electron chi connectivity index (χ3n) is 7.49. The lowest BCUT2D eigenvalue weighted by Crippen LogP contribution is -2.30. The number of fused-ring (bicyclic) bond motifs is 3. The standard InChI is InChI=1S/C29H26FN5O5S/c30-26-16-39-15-20-4-3-18(11-25(20)41(26,37)38)29(36)32-14-21-12-23-19(13-31-21)5-8-27(33-23)35-9-10-40-24-7-6-22(17-1-2-17)34-28(24)35/h3-8,11-13,17,26H,1-2,9-10,14-16H2,(H,32,36)/t26-/m1/s1. The molecular weight excluding hydrogens is 549 g/mol. The van der Waals surface area contributed by atoms with Crippen molar-refractivity contribution in [2.75, 3.05) is 24.7 Å². The Kier molecular flexibility index (Phi) is 6.31. The number of hydrogen-bond donors (Lipinski definition) is 1. The molecule has 0 radical (unpaired) electrons. The molecule has 3 aromatic heterocycles. The summed E-state index contributed by atoms with van der Waals surface area (Å²) >= 11 is 0. The lowest BCUT2D eigenvalue weighted by molar-refractivity contribution is 0.0947. The van der Waals surface area contributed by atoms with Gasteiger partial charge >= 0.3 is 0 Å². The second-order valence-corrected chi connectivity index (χ2v) is 12.4. The van der Waals surface area contributed by atoms with Gasteiger partial charge in [0.25, 0.3) is 5.91 Å². The van der Waals surface area contributed by atoms with Crippen molar-refractivity contribution in [2.24, 2.45) is 0 Å². The lowest BCUT2D eigenvalue weighted by Gasteiger charge is -2.29. The van der Waals surface area contributed by atoms with Crippen LogP contribution in [0.2, 0.25) is 0 Å². The molecule has 0 unspecified atom stereocenters. The quantitative estimate of drug-likeness (QED) is 0.377. The average Bonchev–Trinajstić information content (AvgIpc) is 3.85. The van der Waals surface area contributed by atoms with E-state index in [9.17, 15) is 17.6 Å². The van der Waals surface area contributed by atoms with Gasteiger partial charge in [-0.1, -0.05) is 6.07 Å². The Morgan fingerprint density at radius 2 is 1.98 bits per heavy atom. The number of amides is 1. The van der Waals surface area contributed by atoms with E-state index in [2.05, 4.69) is 15.2 Å². The van der Waals surface area contributed by atoms with Crippen molar-refractivity contribution in [3.8, 4) is 5.75 Å². The zero-order chi connectivity index (χ0) is 28.1. The lowest BCUT2D eigenvalue weighted by atomic mass is 10.1. The summed E-state index contributed by atoms with van der Waals surface area (Å²) in [4.78, 5) is 28.9. The van der Waals surface area contributed by atoms with Crippen LogP contribution in [0.3, 0.4) is 0 Å². The minimum Gasteiger partial charge on any atom is -0.488 e. The van der Waals surface area contributed by atoms with Crippen molar-refractivity contribution in [3.63, 3.8) is 0 Å². The summed E-state index contributed by atoms with van der Waals surface area (Å²) in [5.74, 6) is 2.25. The summed E-state index contributed by atoms with van der Waals surface area (Å²) < 4.78 is 50.2. The molecule has 1 aromatic carbocycles. The van der Waals surface area contributed by atoms with Gasteiger partial charge in [-0.3, -0.25) is 9.78 Å². The molecule has 1 aliphatic carbocycles. The molecule has 1 saturated carbocycles. The number of carbonyl (C=O) groups excluding carboxylic acids is 1. The van der Waals surface area contributed by atoms with Gasteiger partial charge in [-0.25, -0.2) is 22.8 Å². The highest BCUT2D eigenvalue weighted by molar-refractivity contribution is 7.92. The number of aromatic nitrogens is 3. The van der Waals surface area contributed by atoms with Crippen LogP contribution < -0.4 is 15.0 Å². The average molecular weight is 576 g/mol. The van der Waals surface area contributed by atoms with Gasteiger partial charge in [0.05, 0.1) is 42.4 Å². The second kappa shape index (κ2) is 10.0. The SMILES string of the molecule is O=C(NCc1cc2nc(N3CCOc4ccc(C5CC5)nc43)ccc2cn1)c1ccc2c(c1)S(=O)(=O)[C@@H](F)COC2. The Morgan fingerprint density at radius 1 is 1.10 bits per heavy atom. The number of carbonyl (C=O) groups is 1. The molecule has 3 aliphatic rings. The molecule has 0 spiro atoms. The van der Waals surface area contributed by atoms with Gasteiger partial charge in [0.15, 0.2) is 11.6 Å². The number of benzene rings is 1. The highest BCUT2D eigenvalue weighted by atomic mass is 32.2. The van der Waals surface area contributed by atoms with E-state index in [1.54, 1.807) is 12.3 Å². The van der Waals surface area contributed by atoms with Gasteiger partial charge < -0.3 is 19.7 Å². The third kappa shape index (κ3) is 4.87. The van der Waals surface area contributed by atoms with Crippen molar-refractivity contribution < 1.29 is 27.1 Å². The Balaban J connectivity index is 1.11. The molecule has 210 valence electrons. The summed E-state index contributed by atoms with van der Waals surface area (Å²) in [6.07, 6.45) is 4.01. The van der Waals surface area contributed by atoms with Gasteiger partial charge in [-0.05, 0) is 60.9 Å². The van der Waals surface area contributed by atoms with Crippen LogP contribution in [-0.2, 0) is 27.7 Å². The van der Waals surface area contributed by atoms with Crippen LogP contribution >= 0.6 is 0 Å². The number of nitrogens with zero attached hydrogens (tertiary/aromatic N) is 4. The number of rotatable bonds is 5. The van der Waals surface area contributed by atoms with Gasteiger partial charge in [0.1, 0.15) is 12.4 Å². The fraction of sp³-hybridized carbons (Fsp3) is 0.310. The number of anilines is 2. The van der Waals surface area contributed by atoms with Gasteiger partial charge in [0.2, 0.25) is 15.3 Å². The second-order valence-electron chi connectivity index (χ2n) is 10.3. The molecule has 10 nitrogen and oxygen atoms in total. The van der Waals surface area contributed by atoms with E-state index in [0.717, 1.165) is 41.3 Å². The molecule has 1 atom stereocenters. The smallest absolute Gasteiger partial charge is 0.251 e. The first-order valence-electron chi connectivity index (χ1n) is 13.4. The number of nitrogens with one attached hydrogen (secondary N) is 1. The van der Waals surface area contributed by atoms with E-state index in [1.165, 1.54) is 18.2 Å². The van der Waals surface area contributed by atoms with E-state index >= 15 is 0 Å². The maximum absolute atomic E-state index is 14.2. The highest BCUT2D eigenvalue weighted by Gasteiger charge is 2.33. The zero-order valence-corrected chi connectivity index (χ0v) is 22.7. The Bertz CT molecular complexity index is 1800. The van der Waals surface area contributed by atoms with E-state index in [1.807, 2.05) is 24.3 Å². The van der Waals surface area contributed by atoms with Crippen LogP contribution in [0.15, 0.2) is 59.6 Å². The zero-order valence-electron chi connectivity index (χ0n) is 21.9. The van der Waals surface area contributed by atoms with E-state index in [4.69, 9.17) is 19.4 Å². The van der Waals surface area contributed by atoms with Crippen LogP contribution in [-0.4, -0.2) is 54.5 Å². The minimum atomic E-state index is -4.25. The topological polar surface area (TPSA) is 124 Å². The molecule has 0 saturated heterocycles. The van der Waals surface area contributed by atoms with Crippen molar-refractivity contribution in [2.45, 2.75) is 42.3 Å². The molecule has 2 aliphatic heterocycles. The minimum absolute atomic E-state index is 0.0410. The Labute approximate surface area is 235 Å². The number of halogens is 1. The van der Waals surface area contributed by atoms with Crippen molar-refractivity contribution in [3.05, 3.63) is 77.2 Å². The van der Waals surface area contributed by atoms with Gasteiger partial charge in [-0.2, -0.15) is 0 Å². The monoisotopic (exact) mass is 575 g/mol. The van der Waals surface area contributed by atoms with Crippen LogP contribution in [0.1, 0.15) is 46.1 Å². The Hall–Kier alpha value is -4.16. The maximum Gasteiger partial charge on any atom is 0.251 e. The van der Waals surface area contributed by atoms with Crippen molar-refractivity contribution in [1.29, 1.82) is 0 Å². The first-order chi connectivity index (χ1) is 19.9. The number of ether oxygens (including phenoxy) is 2. The van der Waals surface area contributed by atoms with Crippen LogP contribution in [0.5, 0.6) is 5.75 Å². The molecule has 1 fully saturated rings. The first kappa shape index (κ1) is 25.8. The molecule has 0 bridgehead atoms. The van der Waals surface area contributed by atoms with E-state index in [0.29, 0.717) is 35.8 Å². The number of pyridine rings is 3. The largest absolute Gasteiger partial charge is 0.488 e. The molecule has 12 heteroatoms. The van der Waals surface area contributed by atoms with Crippen LogP contribution in [0.25, 0.3) is 10.9 Å².